The lowest BCUT2D eigenvalue weighted by Gasteiger charge is -2.61. The Morgan fingerprint density at radius 2 is 1.78 bits per heavy atom. The van der Waals surface area contributed by atoms with Gasteiger partial charge in [0.1, 0.15) is 5.60 Å². The Bertz CT molecular complexity index is 945. The van der Waals surface area contributed by atoms with Crippen LogP contribution in [0.3, 0.4) is 0 Å². The van der Waals surface area contributed by atoms with Crippen molar-refractivity contribution in [1.82, 2.24) is 0 Å². The van der Waals surface area contributed by atoms with Crippen molar-refractivity contribution in [1.29, 1.82) is 0 Å². The Balaban J connectivity index is 2.51. The molecule has 2 aliphatic carbocycles. The number of hydrogen-bond donors (Lipinski definition) is 4. The minimum atomic E-state index is -1.96. The zero-order valence-electron chi connectivity index (χ0n) is 22.0. The van der Waals surface area contributed by atoms with E-state index in [1.54, 1.807) is 13.8 Å². The summed E-state index contributed by atoms with van der Waals surface area (Å²) >= 11 is 0. The molecule has 2 saturated carbocycles. The highest BCUT2D eigenvalue weighted by atomic mass is 16.5. The van der Waals surface area contributed by atoms with Crippen molar-refractivity contribution in [3.8, 4) is 0 Å². The summed E-state index contributed by atoms with van der Waals surface area (Å²) in [5, 5.41) is 40.8. The number of fused-ring (bicyclic) bond motifs is 1. The average molecular weight is 509 g/mol. The van der Waals surface area contributed by atoms with Crippen molar-refractivity contribution in [2.24, 2.45) is 35.0 Å². The van der Waals surface area contributed by atoms with E-state index in [1.165, 1.54) is 13.8 Å². The Hall–Kier alpha value is -2.52. The molecule has 0 saturated heterocycles. The summed E-state index contributed by atoms with van der Waals surface area (Å²) < 4.78 is 5.44. The standard InChI is InChI=1S/C27H40O9/c1-7-17(14-36-21(32)11-15(2)10-20(30)31)23-26(5,19(29)8-9-28)22-16(3)12-25(4,34)13-18(22)24(33)27(23,6)35/h8-10,16-18,22-23,28,34-35H,7,11-14H2,1-6H3,(H,30,31)/b9-8-,15-10+/t16-,17+,18?,22+,23-,25-,26?,27+/m1/s1. The van der Waals surface area contributed by atoms with Crippen LogP contribution in [0, 0.1) is 35.0 Å². The topological polar surface area (TPSA) is 158 Å². The average Bonchev–Trinajstić information content (AvgIpc) is 2.72. The number of aliphatic hydroxyl groups excluding tert-OH is 1. The van der Waals surface area contributed by atoms with Gasteiger partial charge in [0, 0.05) is 29.4 Å². The van der Waals surface area contributed by atoms with Gasteiger partial charge in [0.25, 0.3) is 0 Å². The first-order chi connectivity index (χ1) is 16.5. The van der Waals surface area contributed by atoms with Crippen molar-refractivity contribution in [2.45, 2.75) is 78.4 Å². The summed E-state index contributed by atoms with van der Waals surface area (Å²) in [4.78, 5) is 50.5. The lowest BCUT2D eigenvalue weighted by atomic mass is 9.42. The van der Waals surface area contributed by atoms with E-state index in [2.05, 4.69) is 0 Å². The molecule has 8 atom stereocenters. The molecule has 2 rings (SSSR count). The zero-order chi connectivity index (χ0) is 27.6. The van der Waals surface area contributed by atoms with Crippen LogP contribution < -0.4 is 0 Å². The molecule has 36 heavy (non-hydrogen) atoms. The van der Waals surface area contributed by atoms with E-state index in [-0.39, 0.29) is 25.4 Å². The second kappa shape index (κ2) is 10.8. The maximum atomic E-state index is 13.7. The molecule has 0 radical (unpaired) electrons. The van der Waals surface area contributed by atoms with Crippen LogP contribution in [0.15, 0.2) is 24.0 Å². The molecule has 2 fully saturated rings. The summed E-state index contributed by atoms with van der Waals surface area (Å²) in [6.45, 7) is 9.72. The van der Waals surface area contributed by atoms with Gasteiger partial charge in [0.2, 0.25) is 0 Å². The maximum absolute atomic E-state index is 13.7. The molecule has 9 heteroatoms. The Morgan fingerprint density at radius 3 is 2.31 bits per heavy atom. The molecule has 2 unspecified atom stereocenters. The van der Waals surface area contributed by atoms with E-state index in [1.807, 2.05) is 13.8 Å². The number of carboxylic acid groups (broad SMARTS) is 1. The van der Waals surface area contributed by atoms with Crippen molar-refractivity contribution < 1.29 is 44.3 Å². The number of aliphatic hydroxyl groups is 3. The first-order valence-electron chi connectivity index (χ1n) is 12.4. The van der Waals surface area contributed by atoms with Gasteiger partial charge >= 0.3 is 11.9 Å². The molecule has 0 heterocycles. The van der Waals surface area contributed by atoms with Gasteiger partial charge in [-0.25, -0.2) is 4.79 Å². The Labute approximate surface area is 212 Å². The third-order valence-electron chi connectivity index (χ3n) is 8.25. The highest BCUT2D eigenvalue weighted by Crippen LogP contribution is 2.61. The molecule has 2 aliphatic rings. The molecule has 0 amide bonds. The number of carbonyl (C=O) groups is 4. The van der Waals surface area contributed by atoms with Crippen molar-refractivity contribution >= 4 is 23.5 Å². The smallest absolute Gasteiger partial charge is 0.328 e. The highest BCUT2D eigenvalue weighted by Gasteiger charge is 2.68. The molecule has 0 aliphatic heterocycles. The van der Waals surface area contributed by atoms with Crippen LogP contribution in [0.1, 0.15) is 67.2 Å². The normalized spacial score (nSPS) is 37.9. The lowest BCUT2D eigenvalue weighted by molar-refractivity contribution is -0.206. The molecule has 0 spiro atoms. The van der Waals surface area contributed by atoms with Gasteiger partial charge in [0.15, 0.2) is 11.6 Å². The van der Waals surface area contributed by atoms with E-state index in [9.17, 15) is 34.5 Å². The second-order valence-electron chi connectivity index (χ2n) is 11.3. The highest BCUT2D eigenvalue weighted by molar-refractivity contribution is 6.00. The van der Waals surface area contributed by atoms with Gasteiger partial charge < -0.3 is 25.2 Å². The third kappa shape index (κ3) is 5.72. The third-order valence-corrected chi connectivity index (χ3v) is 8.25. The van der Waals surface area contributed by atoms with Crippen LogP contribution in [-0.2, 0) is 23.9 Å². The Morgan fingerprint density at radius 1 is 1.17 bits per heavy atom. The quantitative estimate of drug-likeness (QED) is 0.209. The molecule has 202 valence electrons. The zero-order valence-corrected chi connectivity index (χ0v) is 22.0. The number of carboxylic acids is 1. The number of ether oxygens (including phenoxy) is 1. The van der Waals surface area contributed by atoms with Crippen LogP contribution in [0.25, 0.3) is 0 Å². The summed E-state index contributed by atoms with van der Waals surface area (Å²) in [5.74, 6) is -5.78. The van der Waals surface area contributed by atoms with Crippen LogP contribution in [0.4, 0.5) is 0 Å². The second-order valence-corrected chi connectivity index (χ2v) is 11.3. The van der Waals surface area contributed by atoms with E-state index in [0.717, 1.165) is 12.2 Å². The van der Waals surface area contributed by atoms with Crippen LogP contribution in [0.5, 0.6) is 0 Å². The SMILES string of the molecule is CC[C@@H](COC(=O)C/C(C)=C/C(=O)O)[C@@H]1C(C)(C(=O)/C=C\O)[C@@H]2C(C[C@](C)(O)C[C@H]2C)C(=O)[C@@]1(C)O. The van der Waals surface area contributed by atoms with Crippen molar-refractivity contribution in [3.63, 3.8) is 0 Å². The number of hydrogen-bond acceptors (Lipinski definition) is 8. The molecular formula is C27H40O9. The molecule has 0 aromatic carbocycles. The molecule has 4 N–H and O–H groups in total. The summed E-state index contributed by atoms with van der Waals surface area (Å²) in [6, 6.07) is 0. The molecule has 0 aromatic heterocycles. The number of carbonyl (C=O) groups excluding carboxylic acids is 3. The lowest BCUT2D eigenvalue weighted by Crippen LogP contribution is -2.69. The fourth-order valence-corrected chi connectivity index (χ4v) is 7.19. The monoisotopic (exact) mass is 508 g/mol. The number of aliphatic carboxylic acids is 1. The minimum absolute atomic E-state index is 0.108. The predicted octanol–water partition coefficient (Wildman–Crippen LogP) is 2.99. The van der Waals surface area contributed by atoms with Gasteiger partial charge in [-0.15, -0.1) is 0 Å². The molecular weight excluding hydrogens is 468 g/mol. The van der Waals surface area contributed by atoms with Gasteiger partial charge in [-0.3, -0.25) is 14.4 Å². The number of allylic oxidation sites excluding steroid dienone is 1. The van der Waals surface area contributed by atoms with E-state index < -0.39 is 63.8 Å². The number of ketones is 2. The van der Waals surface area contributed by atoms with Gasteiger partial charge in [-0.1, -0.05) is 26.3 Å². The maximum Gasteiger partial charge on any atom is 0.328 e. The van der Waals surface area contributed by atoms with E-state index in [0.29, 0.717) is 24.7 Å². The van der Waals surface area contributed by atoms with Gasteiger partial charge in [-0.05, 0) is 57.8 Å². The molecule has 9 nitrogen and oxygen atoms in total. The largest absolute Gasteiger partial charge is 0.515 e. The summed E-state index contributed by atoms with van der Waals surface area (Å²) in [7, 11) is 0. The van der Waals surface area contributed by atoms with Crippen molar-refractivity contribution in [3.05, 3.63) is 24.0 Å². The van der Waals surface area contributed by atoms with E-state index in [4.69, 9.17) is 9.84 Å². The number of esters is 1. The first-order valence-corrected chi connectivity index (χ1v) is 12.4. The van der Waals surface area contributed by atoms with Gasteiger partial charge in [0.05, 0.1) is 24.9 Å². The predicted molar refractivity (Wildman–Crippen MR) is 131 cm³/mol. The van der Waals surface area contributed by atoms with Crippen LogP contribution in [0.2, 0.25) is 0 Å². The first kappa shape index (κ1) is 29.7. The number of rotatable bonds is 9. The summed E-state index contributed by atoms with van der Waals surface area (Å²) in [6.07, 6.45) is 3.21. The van der Waals surface area contributed by atoms with Gasteiger partial charge in [-0.2, -0.15) is 0 Å². The van der Waals surface area contributed by atoms with Crippen molar-refractivity contribution in [2.75, 3.05) is 6.61 Å². The number of Topliss-reactive ketones (excluding diaryl/α,β-unsaturated/α-hetero) is 1. The summed E-state index contributed by atoms with van der Waals surface area (Å²) in [5.41, 5.74) is -4.09. The molecule has 0 bridgehead atoms. The fraction of sp³-hybridized carbons (Fsp3) is 0.704. The fourth-order valence-electron chi connectivity index (χ4n) is 7.19. The molecule has 0 aromatic rings. The Kier molecular flexibility index (Phi) is 8.95. The van der Waals surface area contributed by atoms with Crippen LogP contribution >= 0.6 is 0 Å². The van der Waals surface area contributed by atoms with E-state index >= 15 is 0 Å². The van der Waals surface area contributed by atoms with Crippen LogP contribution in [-0.4, -0.2) is 61.7 Å². The minimum Gasteiger partial charge on any atom is -0.515 e.